The smallest absolute Gasteiger partial charge is 0.240 e. The fraction of sp³-hybridized carbons (Fsp3) is 0.250. The Morgan fingerprint density at radius 1 is 1.13 bits per heavy atom. The van der Waals surface area contributed by atoms with Crippen molar-refractivity contribution in [2.75, 3.05) is 18.9 Å². The average Bonchev–Trinajstić information content (AvgIpc) is 2.50. The monoisotopic (exact) mass is 356 g/mol. The molecule has 0 bridgehead atoms. The SMILES string of the molecule is CCOc1cccc(S(=O)(=O)NCCc2ccc(N)cc2)c1.Cl. The van der Waals surface area contributed by atoms with Crippen molar-refractivity contribution >= 4 is 28.1 Å². The van der Waals surface area contributed by atoms with Crippen LogP contribution < -0.4 is 15.2 Å². The van der Waals surface area contributed by atoms with Crippen molar-refractivity contribution in [1.82, 2.24) is 4.72 Å². The summed E-state index contributed by atoms with van der Waals surface area (Å²) in [5.41, 5.74) is 7.34. The van der Waals surface area contributed by atoms with Gasteiger partial charge in [-0.05, 0) is 43.2 Å². The Bertz CT molecular complexity index is 718. The summed E-state index contributed by atoms with van der Waals surface area (Å²) in [7, 11) is -3.53. The average molecular weight is 357 g/mol. The predicted molar refractivity (Wildman–Crippen MR) is 94.6 cm³/mol. The normalized spacial score (nSPS) is 10.8. The van der Waals surface area contributed by atoms with Gasteiger partial charge in [0.1, 0.15) is 5.75 Å². The van der Waals surface area contributed by atoms with E-state index >= 15 is 0 Å². The molecule has 0 amide bonds. The van der Waals surface area contributed by atoms with Crippen molar-refractivity contribution < 1.29 is 13.2 Å². The molecule has 2 aromatic rings. The molecule has 0 saturated carbocycles. The number of nitrogen functional groups attached to an aromatic ring is 1. The summed E-state index contributed by atoms with van der Waals surface area (Å²) in [6, 6.07) is 13.9. The number of anilines is 1. The molecule has 0 saturated heterocycles. The zero-order valence-corrected chi connectivity index (χ0v) is 14.5. The zero-order valence-electron chi connectivity index (χ0n) is 12.9. The molecule has 126 valence electrons. The first-order valence-electron chi connectivity index (χ1n) is 7.08. The lowest BCUT2D eigenvalue weighted by Gasteiger charge is -2.09. The van der Waals surface area contributed by atoms with Crippen molar-refractivity contribution in [3.8, 4) is 5.75 Å². The van der Waals surface area contributed by atoms with Gasteiger partial charge in [-0.2, -0.15) is 0 Å². The molecular weight excluding hydrogens is 336 g/mol. The summed E-state index contributed by atoms with van der Waals surface area (Å²) in [5.74, 6) is 0.545. The number of hydrogen-bond acceptors (Lipinski definition) is 4. The molecule has 0 radical (unpaired) electrons. The standard InChI is InChI=1S/C16H20N2O3S.ClH/c1-2-21-15-4-3-5-16(12-15)22(19,20)18-11-10-13-6-8-14(17)9-7-13;/h3-9,12,18H,2,10-11,17H2,1H3;1H. The molecule has 0 unspecified atom stereocenters. The molecule has 0 fully saturated rings. The Labute approximate surface area is 143 Å². The van der Waals surface area contributed by atoms with Crippen molar-refractivity contribution in [3.63, 3.8) is 0 Å². The second-order valence-corrected chi connectivity index (χ2v) is 6.56. The van der Waals surface area contributed by atoms with Gasteiger partial charge in [0.25, 0.3) is 0 Å². The Morgan fingerprint density at radius 2 is 1.83 bits per heavy atom. The van der Waals surface area contributed by atoms with E-state index < -0.39 is 10.0 Å². The first kappa shape index (κ1) is 19.3. The minimum absolute atomic E-state index is 0. The lowest BCUT2D eigenvalue weighted by molar-refractivity contribution is 0.339. The van der Waals surface area contributed by atoms with E-state index in [4.69, 9.17) is 10.5 Å². The van der Waals surface area contributed by atoms with E-state index in [1.54, 1.807) is 30.3 Å². The van der Waals surface area contributed by atoms with Crippen LogP contribution in [0.25, 0.3) is 0 Å². The summed E-state index contributed by atoms with van der Waals surface area (Å²) < 4.78 is 32.4. The van der Waals surface area contributed by atoms with Crippen molar-refractivity contribution in [1.29, 1.82) is 0 Å². The second-order valence-electron chi connectivity index (χ2n) is 4.80. The Balaban J connectivity index is 0.00000264. The molecule has 5 nitrogen and oxygen atoms in total. The van der Waals surface area contributed by atoms with Crippen molar-refractivity contribution in [3.05, 3.63) is 54.1 Å². The van der Waals surface area contributed by atoms with Crippen LogP contribution in [-0.4, -0.2) is 21.6 Å². The van der Waals surface area contributed by atoms with Crippen molar-refractivity contribution in [2.24, 2.45) is 0 Å². The zero-order chi connectivity index (χ0) is 16.0. The Hall–Kier alpha value is -1.76. The maximum absolute atomic E-state index is 12.2. The summed E-state index contributed by atoms with van der Waals surface area (Å²) >= 11 is 0. The van der Waals surface area contributed by atoms with Gasteiger partial charge in [-0.25, -0.2) is 13.1 Å². The van der Waals surface area contributed by atoms with E-state index in [9.17, 15) is 8.42 Å². The minimum Gasteiger partial charge on any atom is -0.494 e. The molecule has 2 rings (SSSR count). The van der Waals surface area contributed by atoms with Crippen LogP contribution in [0.2, 0.25) is 0 Å². The number of halogens is 1. The molecular formula is C16H21ClN2O3S. The molecule has 0 heterocycles. The third-order valence-electron chi connectivity index (χ3n) is 3.11. The third kappa shape index (κ3) is 5.74. The van der Waals surface area contributed by atoms with Crippen LogP contribution in [0.15, 0.2) is 53.4 Å². The fourth-order valence-corrected chi connectivity index (χ4v) is 3.06. The quantitative estimate of drug-likeness (QED) is 0.747. The van der Waals surface area contributed by atoms with Gasteiger partial charge < -0.3 is 10.5 Å². The van der Waals surface area contributed by atoms with Gasteiger partial charge in [0.2, 0.25) is 10.0 Å². The number of nitrogens with one attached hydrogen (secondary N) is 1. The van der Waals surface area contributed by atoms with E-state index in [0.717, 1.165) is 5.56 Å². The van der Waals surface area contributed by atoms with Crippen LogP contribution in [0.4, 0.5) is 5.69 Å². The highest BCUT2D eigenvalue weighted by atomic mass is 35.5. The van der Waals surface area contributed by atoms with Gasteiger partial charge in [0, 0.05) is 18.3 Å². The molecule has 0 aromatic heterocycles. The molecule has 0 aliphatic rings. The Kier molecular flexibility index (Phi) is 7.35. The highest BCUT2D eigenvalue weighted by molar-refractivity contribution is 7.89. The largest absolute Gasteiger partial charge is 0.494 e. The number of benzene rings is 2. The maximum atomic E-state index is 12.2. The molecule has 0 aliphatic carbocycles. The van der Waals surface area contributed by atoms with Gasteiger partial charge in [-0.3, -0.25) is 0 Å². The molecule has 7 heteroatoms. The van der Waals surface area contributed by atoms with Gasteiger partial charge >= 0.3 is 0 Å². The summed E-state index contributed by atoms with van der Waals surface area (Å²) in [6.45, 7) is 2.67. The van der Waals surface area contributed by atoms with Crippen LogP contribution in [0.5, 0.6) is 5.75 Å². The predicted octanol–water partition coefficient (Wildman–Crippen LogP) is 2.61. The Morgan fingerprint density at radius 3 is 2.48 bits per heavy atom. The van der Waals surface area contributed by atoms with Gasteiger partial charge in [-0.15, -0.1) is 12.4 Å². The summed E-state index contributed by atoms with van der Waals surface area (Å²) in [4.78, 5) is 0.204. The van der Waals surface area contributed by atoms with E-state index in [1.807, 2.05) is 19.1 Å². The van der Waals surface area contributed by atoms with E-state index in [2.05, 4.69) is 4.72 Å². The van der Waals surface area contributed by atoms with E-state index in [-0.39, 0.29) is 17.3 Å². The second kappa shape index (κ2) is 8.76. The highest BCUT2D eigenvalue weighted by Gasteiger charge is 2.14. The minimum atomic E-state index is -3.53. The number of ether oxygens (including phenoxy) is 1. The van der Waals surface area contributed by atoms with Gasteiger partial charge in [0.05, 0.1) is 11.5 Å². The molecule has 0 spiro atoms. The first-order chi connectivity index (χ1) is 10.5. The number of hydrogen-bond donors (Lipinski definition) is 2. The molecule has 0 atom stereocenters. The van der Waals surface area contributed by atoms with Crippen LogP contribution in [0, 0.1) is 0 Å². The van der Waals surface area contributed by atoms with Crippen LogP contribution in [-0.2, 0) is 16.4 Å². The molecule has 0 aliphatic heterocycles. The first-order valence-corrected chi connectivity index (χ1v) is 8.56. The van der Waals surface area contributed by atoms with Crippen LogP contribution in [0.1, 0.15) is 12.5 Å². The highest BCUT2D eigenvalue weighted by Crippen LogP contribution is 2.17. The fourth-order valence-electron chi connectivity index (χ4n) is 2.00. The lowest BCUT2D eigenvalue weighted by Crippen LogP contribution is -2.26. The molecule has 2 aromatic carbocycles. The topological polar surface area (TPSA) is 81.4 Å². The van der Waals surface area contributed by atoms with Gasteiger partial charge in [-0.1, -0.05) is 18.2 Å². The number of sulfonamides is 1. The summed E-state index contributed by atoms with van der Waals surface area (Å²) in [6.07, 6.45) is 0.602. The lowest BCUT2D eigenvalue weighted by atomic mass is 10.1. The number of nitrogens with two attached hydrogens (primary N) is 1. The van der Waals surface area contributed by atoms with E-state index in [1.165, 1.54) is 6.07 Å². The summed E-state index contributed by atoms with van der Waals surface area (Å²) in [5, 5.41) is 0. The third-order valence-corrected chi connectivity index (χ3v) is 4.57. The number of rotatable bonds is 7. The maximum Gasteiger partial charge on any atom is 0.240 e. The van der Waals surface area contributed by atoms with Crippen LogP contribution >= 0.6 is 12.4 Å². The molecule has 23 heavy (non-hydrogen) atoms. The molecule has 3 N–H and O–H groups in total. The van der Waals surface area contributed by atoms with Crippen molar-refractivity contribution in [2.45, 2.75) is 18.2 Å². The van der Waals surface area contributed by atoms with E-state index in [0.29, 0.717) is 31.0 Å². The van der Waals surface area contributed by atoms with Gasteiger partial charge in [0.15, 0.2) is 0 Å². The van der Waals surface area contributed by atoms with Crippen LogP contribution in [0.3, 0.4) is 0 Å².